The van der Waals surface area contributed by atoms with Crippen LogP contribution in [0.2, 0.25) is 0 Å². The second kappa shape index (κ2) is 6.57. The Morgan fingerprint density at radius 2 is 1.75 bits per heavy atom. The van der Waals surface area contributed by atoms with Gasteiger partial charge in [-0.1, -0.05) is 46.3 Å². The van der Waals surface area contributed by atoms with Gasteiger partial charge in [0.05, 0.1) is 5.56 Å². The average Bonchev–Trinajstić information content (AvgIpc) is 2.46. The van der Waals surface area contributed by atoms with Crippen molar-refractivity contribution in [2.75, 3.05) is 14.1 Å². The van der Waals surface area contributed by atoms with Crippen molar-refractivity contribution in [2.45, 2.75) is 6.61 Å². The number of hydrogen-bond donors (Lipinski definition) is 0. The average molecular weight is 334 g/mol. The highest BCUT2D eigenvalue weighted by atomic mass is 79.9. The first-order valence-corrected chi connectivity index (χ1v) is 7.06. The van der Waals surface area contributed by atoms with Crippen LogP contribution in [0, 0.1) is 0 Å². The molecule has 0 heterocycles. The minimum Gasteiger partial charge on any atom is -0.488 e. The van der Waals surface area contributed by atoms with Crippen LogP contribution < -0.4 is 4.74 Å². The van der Waals surface area contributed by atoms with Gasteiger partial charge in [-0.2, -0.15) is 0 Å². The highest BCUT2D eigenvalue weighted by molar-refractivity contribution is 9.10. The van der Waals surface area contributed by atoms with Crippen molar-refractivity contribution in [1.82, 2.24) is 4.90 Å². The van der Waals surface area contributed by atoms with Crippen LogP contribution in [0.4, 0.5) is 0 Å². The van der Waals surface area contributed by atoms with Crippen LogP contribution in [0.15, 0.2) is 53.0 Å². The van der Waals surface area contributed by atoms with Gasteiger partial charge in [-0.15, -0.1) is 0 Å². The molecule has 3 nitrogen and oxygen atoms in total. The first kappa shape index (κ1) is 14.6. The summed E-state index contributed by atoms with van der Waals surface area (Å²) < 4.78 is 6.79. The number of halogens is 1. The van der Waals surface area contributed by atoms with E-state index in [0.29, 0.717) is 17.9 Å². The fraction of sp³-hybridized carbons (Fsp3) is 0.188. The van der Waals surface area contributed by atoms with Crippen molar-refractivity contribution in [3.8, 4) is 5.75 Å². The predicted octanol–water partition coefficient (Wildman–Crippen LogP) is 3.73. The number of carbonyl (C=O) groups excluding carboxylic acids is 1. The largest absolute Gasteiger partial charge is 0.488 e. The van der Waals surface area contributed by atoms with Crippen molar-refractivity contribution < 1.29 is 9.53 Å². The van der Waals surface area contributed by atoms with Gasteiger partial charge in [0.2, 0.25) is 0 Å². The van der Waals surface area contributed by atoms with E-state index in [0.717, 1.165) is 10.0 Å². The minimum absolute atomic E-state index is 0.0623. The molecule has 0 aliphatic carbocycles. The zero-order chi connectivity index (χ0) is 14.5. The Labute approximate surface area is 127 Å². The minimum atomic E-state index is -0.0623. The van der Waals surface area contributed by atoms with Crippen LogP contribution in [0.25, 0.3) is 0 Å². The van der Waals surface area contributed by atoms with Gasteiger partial charge in [0, 0.05) is 24.1 Å². The summed E-state index contributed by atoms with van der Waals surface area (Å²) in [5.41, 5.74) is 1.61. The monoisotopic (exact) mass is 333 g/mol. The SMILES string of the molecule is CN(C)C(=O)c1ccccc1OCc1ccccc1Br. The van der Waals surface area contributed by atoms with Crippen molar-refractivity contribution in [2.24, 2.45) is 0 Å². The molecule has 0 aliphatic heterocycles. The number of carbonyl (C=O) groups is 1. The van der Waals surface area contributed by atoms with Gasteiger partial charge in [-0.3, -0.25) is 4.79 Å². The summed E-state index contributed by atoms with van der Waals surface area (Å²) in [5, 5.41) is 0. The summed E-state index contributed by atoms with van der Waals surface area (Å²) in [7, 11) is 3.46. The lowest BCUT2D eigenvalue weighted by Crippen LogP contribution is -2.22. The molecule has 0 unspecified atom stereocenters. The second-order valence-corrected chi connectivity index (χ2v) is 5.43. The quantitative estimate of drug-likeness (QED) is 0.853. The Morgan fingerprint density at radius 1 is 1.10 bits per heavy atom. The van der Waals surface area contributed by atoms with E-state index < -0.39 is 0 Å². The van der Waals surface area contributed by atoms with E-state index in [2.05, 4.69) is 15.9 Å². The molecule has 2 aromatic rings. The third-order valence-electron chi connectivity index (χ3n) is 2.86. The summed E-state index contributed by atoms with van der Waals surface area (Å²) in [5.74, 6) is 0.537. The maximum atomic E-state index is 12.1. The van der Waals surface area contributed by atoms with Crippen molar-refractivity contribution >= 4 is 21.8 Å². The van der Waals surface area contributed by atoms with Crippen LogP contribution in [-0.2, 0) is 6.61 Å². The second-order valence-electron chi connectivity index (χ2n) is 4.58. The Balaban J connectivity index is 2.18. The number of amides is 1. The first-order chi connectivity index (χ1) is 9.59. The fourth-order valence-electron chi connectivity index (χ4n) is 1.78. The normalized spacial score (nSPS) is 10.2. The van der Waals surface area contributed by atoms with Gasteiger partial charge in [-0.25, -0.2) is 0 Å². The molecular weight excluding hydrogens is 318 g/mol. The van der Waals surface area contributed by atoms with Gasteiger partial charge in [0.25, 0.3) is 5.91 Å². The topological polar surface area (TPSA) is 29.5 Å². The maximum Gasteiger partial charge on any atom is 0.257 e. The molecule has 2 aromatic carbocycles. The lowest BCUT2D eigenvalue weighted by molar-refractivity contribution is 0.0822. The molecule has 0 aromatic heterocycles. The molecule has 0 spiro atoms. The van der Waals surface area contributed by atoms with E-state index >= 15 is 0 Å². The van der Waals surface area contributed by atoms with E-state index in [4.69, 9.17) is 4.74 Å². The summed E-state index contributed by atoms with van der Waals surface area (Å²) >= 11 is 3.49. The molecular formula is C16H16BrNO2. The lowest BCUT2D eigenvalue weighted by Gasteiger charge is -2.15. The maximum absolute atomic E-state index is 12.1. The first-order valence-electron chi connectivity index (χ1n) is 6.26. The van der Waals surface area contributed by atoms with E-state index in [1.165, 1.54) is 0 Å². The molecule has 0 saturated carbocycles. The summed E-state index contributed by atoms with van der Waals surface area (Å²) in [6.07, 6.45) is 0. The van der Waals surface area contributed by atoms with Crippen LogP contribution in [0.5, 0.6) is 5.75 Å². The van der Waals surface area contributed by atoms with Crippen molar-refractivity contribution in [1.29, 1.82) is 0 Å². The Hall–Kier alpha value is -1.81. The molecule has 0 saturated heterocycles. The third-order valence-corrected chi connectivity index (χ3v) is 3.64. The highest BCUT2D eigenvalue weighted by Gasteiger charge is 2.14. The number of para-hydroxylation sites is 1. The summed E-state index contributed by atoms with van der Waals surface area (Å²) in [6, 6.07) is 15.2. The van der Waals surface area contributed by atoms with Crippen molar-refractivity contribution in [3.63, 3.8) is 0 Å². The third kappa shape index (κ3) is 3.39. The van der Waals surface area contributed by atoms with Crippen LogP contribution in [0.3, 0.4) is 0 Å². The molecule has 0 aliphatic rings. The zero-order valence-electron chi connectivity index (χ0n) is 11.5. The molecule has 4 heteroatoms. The van der Waals surface area contributed by atoms with Gasteiger partial charge < -0.3 is 9.64 Å². The number of nitrogens with zero attached hydrogens (tertiary/aromatic N) is 1. The molecule has 20 heavy (non-hydrogen) atoms. The molecule has 1 amide bonds. The Kier molecular flexibility index (Phi) is 4.79. The standard InChI is InChI=1S/C16H16BrNO2/c1-18(2)16(19)13-8-4-6-10-15(13)20-11-12-7-3-5-9-14(12)17/h3-10H,11H2,1-2H3. The van der Waals surface area contributed by atoms with Crippen LogP contribution >= 0.6 is 15.9 Å². The predicted molar refractivity (Wildman–Crippen MR) is 82.9 cm³/mol. The fourth-order valence-corrected chi connectivity index (χ4v) is 2.18. The van der Waals surface area contributed by atoms with Crippen LogP contribution in [0.1, 0.15) is 15.9 Å². The molecule has 0 bridgehead atoms. The number of ether oxygens (including phenoxy) is 1. The van der Waals surface area contributed by atoms with E-state index in [1.54, 1.807) is 25.1 Å². The number of rotatable bonds is 4. The molecule has 104 valence electrons. The Bertz CT molecular complexity index is 611. The molecule has 0 fully saturated rings. The van der Waals surface area contributed by atoms with Crippen LogP contribution in [-0.4, -0.2) is 24.9 Å². The highest BCUT2D eigenvalue weighted by Crippen LogP contribution is 2.22. The zero-order valence-corrected chi connectivity index (χ0v) is 13.1. The summed E-state index contributed by atoms with van der Waals surface area (Å²) in [6.45, 7) is 0.416. The number of benzene rings is 2. The Morgan fingerprint density at radius 3 is 2.45 bits per heavy atom. The number of hydrogen-bond acceptors (Lipinski definition) is 2. The molecule has 0 N–H and O–H groups in total. The summed E-state index contributed by atoms with van der Waals surface area (Å²) in [4.78, 5) is 13.6. The van der Waals surface area contributed by atoms with Crippen molar-refractivity contribution in [3.05, 3.63) is 64.1 Å². The van der Waals surface area contributed by atoms with E-state index in [9.17, 15) is 4.79 Å². The van der Waals surface area contributed by atoms with Gasteiger partial charge in [0.1, 0.15) is 12.4 Å². The van der Waals surface area contributed by atoms with E-state index in [-0.39, 0.29) is 5.91 Å². The smallest absolute Gasteiger partial charge is 0.257 e. The lowest BCUT2D eigenvalue weighted by atomic mass is 10.2. The van der Waals surface area contributed by atoms with Gasteiger partial charge >= 0.3 is 0 Å². The molecule has 0 radical (unpaired) electrons. The molecule has 0 atom stereocenters. The van der Waals surface area contributed by atoms with Gasteiger partial charge in [0.15, 0.2) is 0 Å². The van der Waals surface area contributed by atoms with E-state index in [1.807, 2.05) is 42.5 Å². The molecule has 2 rings (SSSR count). The van der Waals surface area contributed by atoms with Gasteiger partial charge in [-0.05, 0) is 18.2 Å².